The number of aryl methyl sites for hydroxylation is 1. The van der Waals surface area contributed by atoms with Gasteiger partial charge in [-0.05, 0) is 18.2 Å². The highest BCUT2D eigenvalue weighted by Crippen LogP contribution is 2.21. The van der Waals surface area contributed by atoms with E-state index >= 15 is 0 Å². The van der Waals surface area contributed by atoms with Gasteiger partial charge in [0, 0.05) is 39.7 Å². The van der Waals surface area contributed by atoms with Gasteiger partial charge in [0.25, 0.3) is 0 Å². The van der Waals surface area contributed by atoms with Crippen molar-refractivity contribution in [1.82, 2.24) is 24.4 Å². The number of rotatable bonds is 8. The van der Waals surface area contributed by atoms with Gasteiger partial charge in [0.2, 0.25) is 0 Å². The lowest BCUT2D eigenvalue weighted by molar-refractivity contribution is 0.135. The number of aliphatic hydroxyl groups is 1. The van der Waals surface area contributed by atoms with Crippen LogP contribution < -0.4 is 0 Å². The molecule has 2 unspecified atom stereocenters. The summed E-state index contributed by atoms with van der Waals surface area (Å²) in [6.45, 7) is 8.11. The van der Waals surface area contributed by atoms with E-state index in [0.29, 0.717) is 23.7 Å². The summed E-state index contributed by atoms with van der Waals surface area (Å²) >= 11 is 0. The van der Waals surface area contributed by atoms with E-state index < -0.39 is 14.2 Å². The van der Waals surface area contributed by atoms with E-state index in [1.165, 1.54) is 0 Å². The number of fused-ring (bicyclic) bond motifs is 1. The summed E-state index contributed by atoms with van der Waals surface area (Å²) in [7, 11) is 0.741. The van der Waals surface area contributed by atoms with Gasteiger partial charge in [-0.2, -0.15) is 10.2 Å². The SMILES string of the molecule is Cn1cc(-c2ccc3ncc(C(O)C4=NC(COCC[Si](C)(C)C)N=C4)n3n2)cn1. The maximum atomic E-state index is 10.9. The van der Waals surface area contributed by atoms with Crippen LogP contribution in [0.25, 0.3) is 16.9 Å². The molecule has 0 aromatic carbocycles. The van der Waals surface area contributed by atoms with Crippen LogP contribution in [0.1, 0.15) is 11.8 Å². The van der Waals surface area contributed by atoms with Crippen molar-refractivity contribution in [2.45, 2.75) is 38.0 Å². The van der Waals surface area contributed by atoms with Gasteiger partial charge in [0.1, 0.15) is 6.10 Å². The molecule has 3 aromatic rings. The molecular weight excluding hydrogens is 398 g/mol. The number of aliphatic imine (C=N–C) groups is 2. The van der Waals surface area contributed by atoms with Gasteiger partial charge in [-0.3, -0.25) is 14.7 Å². The normalized spacial score (nSPS) is 17.6. The first-order valence-electron chi connectivity index (χ1n) is 10.0. The molecule has 3 aromatic heterocycles. The minimum absolute atomic E-state index is 0.311. The standard InChI is InChI=1S/C20H27N7O2Si/c1-26-12-14(9-23-26)15-5-6-19-22-11-17(27(19)25-15)20(28)16-10-21-18(24-16)13-29-7-8-30(2,3)4/h5-6,9-12,18,20,28H,7-8,13H2,1-4H3. The molecule has 0 aliphatic carbocycles. The van der Waals surface area contributed by atoms with Gasteiger partial charge < -0.3 is 9.84 Å². The largest absolute Gasteiger partial charge is 0.380 e. The molecule has 2 atom stereocenters. The van der Waals surface area contributed by atoms with Crippen LogP contribution in [-0.2, 0) is 11.8 Å². The summed E-state index contributed by atoms with van der Waals surface area (Å²) in [6.07, 6.45) is 5.60. The van der Waals surface area contributed by atoms with Crippen molar-refractivity contribution in [2.24, 2.45) is 17.0 Å². The highest BCUT2D eigenvalue weighted by Gasteiger charge is 2.24. The van der Waals surface area contributed by atoms with Gasteiger partial charge in [-0.25, -0.2) is 9.50 Å². The predicted octanol–water partition coefficient (Wildman–Crippen LogP) is 2.37. The Morgan fingerprint density at radius 3 is 2.80 bits per heavy atom. The van der Waals surface area contributed by atoms with E-state index in [0.717, 1.165) is 23.9 Å². The van der Waals surface area contributed by atoms with E-state index in [1.807, 2.05) is 25.4 Å². The lowest BCUT2D eigenvalue weighted by Crippen LogP contribution is -2.22. The zero-order valence-corrected chi connectivity index (χ0v) is 18.7. The number of imidazole rings is 1. The number of aromatic nitrogens is 5. The van der Waals surface area contributed by atoms with Crippen LogP contribution in [-0.4, -0.2) is 68.9 Å². The van der Waals surface area contributed by atoms with Crippen molar-refractivity contribution in [3.05, 3.63) is 36.4 Å². The molecule has 0 spiro atoms. The number of ether oxygens (including phenoxy) is 1. The summed E-state index contributed by atoms with van der Waals surface area (Å²) in [5, 5.41) is 19.7. The van der Waals surface area contributed by atoms with Gasteiger partial charge >= 0.3 is 0 Å². The molecule has 0 radical (unpaired) electrons. The first-order valence-corrected chi connectivity index (χ1v) is 13.7. The van der Waals surface area contributed by atoms with Crippen molar-refractivity contribution in [2.75, 3.05) is 13.2 Å². The van der Waals surface area contributed by atoms with Crippen LogP contribution in [0.5, 0.6) is 0 Å². The maximum Gasteiger partial charge on any atom is 0.163 e. The van der Waals surface area contributed by atoms with Crippen molar-refractivity contribution >= 4 is 25.6 Å². The molecule has 0 saturated heterocycles. The fourth-order valence-corrected chi connectivity index (χ4v) is 3.88. The van der Waals surface area contributed by atoms with E-state index in [1.54, 1.807) is 27.8 Å². The Hall–Kier alpha value is -2.69. The Labute approximate surface area is 176 Å². The van der Waals surface area contributed by atoms with Crippen LogP contribution in [0.15, 0.2) is 40.7 Å². The third kappa shape index (κ3) is 4.55. The number of hydrogen-bond donors (Lipinski definition) is 1. The molecule has 0 amide bonds. The Kier molecular flexibility index (Phi) is 5.63. The number of hydrogen-bond acceptors (Lipinski definition) is 7. The predicted molar refractivity (Wildman–Crippen MR) is 119 cm³/mol. The Morgan fingerprint density at radius 2 is 2.07 bits per heavy atom. The third-order valence-corrected chi connectivity index (χ3v) is 6.59. The monoisotopic (exact) mass is 425 g/mol. The van der Waals surface area contributed by atoms with Crippen LogP contribution in [0.3, 0.4) is 0 Å². The van der Waals surface area contributed by atoms with Gasteiger partial charge in [0.15, 0.2) is 11.8 Å². The molecule has 1 aliphatic rings. The quantitative estimate of drug-likeness (QED) is 0.441. The second-order valence-electron chi connectivity index (χ2n) is 8.68. The van der Waals surface area contributed by atoms with E-state index in [9.17, 15) is 5.11 Å². The van der Waals surface area contributed by atoms with Gasteiger partial charge in [-0.15, -0.1) is 0 Å². The molecule has 1 aliphatic heterocycles. The zero-order chi connectivity index (χ0) is 21.3. The highest BCUT2D eigenvalue weighted by atomic mass is 28.3. The first-order chi connectivity index (χ1) is 14.3. The minimum Gasteiger partial charge on any atom is -0.380 e. The van der Waals surface area contributed by atoms with Gasteiger partial charge in [0.05, 0.1) is 36.1 Å². The molecule has 4 rings (SSSR count). The lowest BCUT2D eigenvalue weighted by atomic mass is 10.2. The van der Waals surface area contributed by atoms with Crippen molar-refractivity contribution in [3.8, 4) is 11.3 Å². The summed E-state index contributed by atoms with van der Waals surface area (Å²) in [4.78, 5) is 13.2. The lowest BCUT2D eigenvalue weighted by Gasteiger charge is -2.15. The smallest absolute Gasteiger partial charge is 0.163 e. The second-order valence-corrected chi connectivity index (χ2v) is 14.3. The third-order valence-electron chi connectivity index (χ3n) is 4.89. The van der Waals surface area contributed by atoms with Crippen molar-refractivity contribution < 1.29 is 9.84 Å². The molecule has 158 valence electrons. The Morgan fingerprint density at radius 1 is 1.23 bits per heavy atom. The number of nitrogens with zero attached hydrogens (tertiary/aromatic N) is 7. The summed E-state index contributed by atoms with van der Waals surface area (Å²) in [5.41, 5.74) is 3.32. The second kappa shape index (κ2) is 8.21. The summed E-state index contributed by atoms with van der Waals surface area (Å²) in [6, 6.07) is 4.86. The molecule has 0 saturated carbocycles. The maximum absolute atomic E-state index is 10.9. The van der Waals surface area contributed by atoms with E-state index in [2.05, 4.69) is 44.8 Å². The molecule has 4 heterocycles. The van der Waals surface area contributed by atoms with Crippen LogP contribution in [0.2, 0.25) is 25.7 Å². The van der Waals surface area contributed by atoms with E-state index in [-0.39, 0.29) is 6.17 Å². The fraction of sp³-hybridized carbons (Fsp3) is 0.450. The molecule has 0 fully saturated rings. The van der Waals surface area contributed by atoms with Crippen LogP contribution in [0, 0.1) is 0 Å². The topological polar surface area (TPSA) is 102 Å². The van der Waals surface area contributed by atoms with Crippen molar-refractivity contribution in [3.63, 3.8) is 0 Å². The summed E-state index contributed by atoms with van der Waals surface area (Å²) < 4.78 is 9.11. The molecule has 30 heavy (non-hydrogen) atoms. The molecule has 10 heteroatoms. The molecule has 0 bridgehead atoms. The molecular formula is C20H27N7O2Si. The van der Waals surface area contributed by atoms with Crippen LogP contribution >= 0.6 is 0 Å². The average molecular weight is 426 g/mol. The Balaban J connectivity index is 1.48. The van der Waals surface area contributed by atoms with Crippen molar-refractivity contribution in [1.29, 1.82) is 0 Å². The average Bonchev–Trinajstić information content (AvgIpc) is 3.43. The minimum atomic E-state index is -1.12. The Bertz CT molecular complexity index is 1100. The van der Waals surface area contributed by atoms with E-state index in [4.69, 9.17) is 4.74 Å². The zero-order valence-electron chi connectivity index (χ0n) is 17.7. The first kappa shape index (κ1) is 20.6. The van der Waals surface area contributed by atoms with Crippen LogP contribution in [0.4, 0.5) is 0 Å². The molecule has 9 nitrogen and oxygen atoms in total. The fourth-order valence-electron chi connectivity index (χ4n) is 3.13. The number of aliphatic hydroxyl groups excluding tert-OH is 1. The molecule has 1 N–H and O–H groups in total. The summed E-state index contributed by atoms with van der Waals surface area (Å²) in [5.74, 6) is 0. The highest BCUT2D eigenvalue weighted by molar-refractivity contribution is 6.76. The van der Waals surface area contributed by atoms with Gasteiger partial charge in [-0.1, -0.05) is 19.6 Å².